The van der Waals surface area contributed by atoms with Gasteiger partial charge < -0.3 is 0 Å². The van der Waals surface area contributed by atoms with Gasteiger partial charge >= 0.3 is 0 Å². The van der Waals surface area contributed by atoms with Crippen molar-refractivity contribution in [2.75, 3.05) is 0 Å². The van der Waals surface area contributed by atoms with Crippen LogP contribution in [0.1, 0.15) is 0 Å². The van der Waals surface area contributed by atoms with Crippen LogP contribution < -0.4 is 0 Å². The lowest BCUT2D eigenvalue weighted by atomic mass is 9.89. The normalized spacial score (nSPS) is 11.3. The standard InChI is InChI=1S/C52H34N2/c1-4-14-35(15-5-1)41-29-30-45(47(32-41)36-16-6-2-7-17-36)50-34-49(38-19-8-3-9-20-38)53-52(54-50)40-26-24-39(25-27-40)51-44-23-13-11-21-42(44)33-48-43-22-12-10-18-37(43)28-31-46(48)51/h1-34H. The molecule has 54 heavy (non-hydrogen) atoms. The quantitative estimate of drug-likeness (QED) is 0.129. The van der Waals surface area contributed by atoms with Crippen LogP contribution in [0.3, 0.4) is 0 Å². The van der Waals surface area contributed by atoms with E-state index in [2.05, 4.69) is 200 Å². The molecular formula is C52H34N2. The lowest BCUT2D eigenvalue weighted by molar-refractivity contribution is 1.18. The van der Waals surface area contributed by atoms with E-state index in [9.17, 15) is 0 Å². The number of nitrogens with zero attached hydrogens (tertiary/aromatic N) is 2. The largest absolute Gasteiger partial charge is 0.228 e. The van der Waals surface area contributed by atoms with Crippen molar-refractivity contribution in [3.05, 3.63) is 206 Å². The molecule has 0 aliphatic carbocycles. The summed E-state index contributed by atoms with van der Waals surface area (Å²) >= 11 is 0. The summed E-state index contributed by atoms with van der Waals surface area (Å²) in [5.41, 5.74) is 11.9. The smallest absolute Gasteiger partial charge is 0.160 e. The molecule has 0 radical (unpaired) electrons. The zero-order valence-electron chi connectivity index (χ0n) is 29.5. The molecule has 9 aromatic carbocycles. The molecule has 252 valence electrons. The van der Waals surface area contributed by atoms with Crippen molar-refractivity contribution in [3.63, 3.8) is 0 Å². The highest BCUT2D eigenvalue weighted by atomic mass is 14.9. The summed E-state index contributed by atoms with van der Waals surface area (Å²) in [7, 11) is 0. The number of rotatable bonds is 6. The molecule has 1 aromatic heterocycles. The van der Waals surface area contributed by atoms with Crippen LogP contribution in [0.2, 0.25) is 0 Å². The maximum atomic E-state index is 5.31. The molecule has 2 nitrogen and oxygen atoms in total. The Morgan fingerprint density at radius 1 is 0.259 bits per heavy atom. The highest BCUT2D eigenvalue weighted by molar-refractivity contribution is 6.20. The number of hydrogen-bond donors (Lipinski definition) is 0. The van der Waals surface area contributed by atoms with Gasteiger partial charge in [-0.1, -0.05) is 188 Å². The van der Waals surface area contributed by atoms with E-state index in [1.165, 1.54) is 49.0 Å². The molecule has 0 aliphatic heterocycles. The van der Waals surface area contributed by atoms with E-state index in [1.54, 1.807) is 0 Å². The van der Waals surface area contributed by atoms with Gasteiger partial charge in [0.15, 0.2) is 5.82 Å². The van der Waals surface area contributed by atoms with Crippen LogP contribution in [0.5, 0.6) is 0 Å². The Bertz CT molecular complexity index is 2950. The van der Waals surface area contributed by atoms with Crippen LogP contribution >= 0.6 is 0 Å². The third-order valence-electron chi connectivity index (χ3n) is 10.5. The predicted molar refractivity (Wildman–Crippen MR) is 227 cm³/mol. The van der Waals surface area contributed by atoms with Crippen molar-refractivity contribution in [1.82, 2.24) is 9.97 Å². The molecule has 0 saturated carbocycles. The second-order valence-electron chi connectivity index (χ2n) is 13.8. The van der Waals surface area contributed by atoms with E-state index in [0.717, 1.165) is 44.8 Å². The first-order chi connectivity index (χ1) is 26.8. The van der Waals surface area contributed by atoms with Gasteiger partial charge in [-0.25, -0.2) is 9.97 Å². The molecule has 0 N–H and O–H groups in total. The van der Waals surface area contributed by atoms with Gasteiger partial charge in [0.2, 0.25) is 0 Å². The van der Waals surface area contributed by atoms with Crippen LogP contribution in [0, 0.1) is 0 Å². The molecule has 0 fully saturated rings. The summed E-state index contributed by atoms with van der Waals surface area (Å²) in [5, 5.41) is 7.50. The molecule has 0 spiro atoms. The SMILES string of the molecule is c1ccc(-c2ccc(-c3cc(-c4ccccc4)nc(-c4ccc(-c5c6ccccc6cc6c5ccc5ccccc56)cc4)n3)c(-c3ccccc3)c2)cc1. The van der Waals surface area contributed by atoms with Gasteiger partial charge in [0.1, 0.15) is 0 Å². The molecule has 0 saturated heterocycles. The molecule has 0 unspecified atom stereocenters. The van der Waals surface area contributed by atoms with Crippen LogP contribution in [-0.2, 0) is 0 Å². The van der Waals surface area contributed by atoms with E-state index in [-0.39, 0.29) is 0 Å². The Labute approximate surface area is 314 Å². The number of benzene rings is 9. The van der Waals surface area contributed by atoms with Gasteiger partial charge in [-0.3, -0.25) is 0 Å². The number of aromatic nitrogens is 2. The minimum absolute atomic E-state index is 0.692. The van der Waals surface area contributed by atoms with Crippen molar-refractivity contribution in [3.8, 4) is 67.3 Å². The van der Waals surface area contributed by atoms with E-state index in [4.69, 9.17) is 9.97 Å². The first-order valence-corrected chi connectivity index (χ1v) is 18.4. The molecule has 0 bridgehead atoms. The average molecular weight is 687 g/mol. The molecule has 1 heterocycles. The third-order valence-corrected chi connectivity index (χ3v) is 10.5. The van der Waals surface area contributed by atoms with Gasteiger partial charge in [0.05, 0.1) is 11.4 Å². The summed E-state index contributed by atoms with van der Waals surface area (Å²) in [6, 6.07) is 73.4. The van der Waals surface area contributed by atoms with E-state index < -0.39 is 0 Å². The highest BCUT2D eigenvalue weighted by Gasteiger charge is 2.17. The van der Waals surface area contributed by atoms with Crippen molar-refractivity contribution < 1.29 is 0 Å². The van der Waals surface area contributed by atoms with Crippen LogP contribution in [0.15, 0.2) is 206 Å². The Balaban J connectivity index is 1.14. The van der Waals surface area contributed by atoms with Crippen LogP contribution in [0.4, 0.5) is 0 Å². The molecular weight excluding hydrogens is 653 g/mol. The second kappa shape index (κ2) is 13.4. The lowest BCUT2D eigenvalue weighted by Crippen LogP contribution is -1.97. The summed E-state index contributed by atoms with van der Waals surface area (Å²) in [4.78, 5) is 10.5. The Morgan fingerprint density at radius 2 is 0.833 bits per heavy atom. The molecule has 0 amide bonds. The lowest BCUT2D eigenvalue weighted by Gasteiger charge is -2.16. The average Bonchev–Trinajstić information content (AvgIpc) is 3.26. The summed E-state index contributed by atoms with van der Waals surface area (Å²) in [5.74, 6) is 0.692. The Morgan fingerprint density at radius 3 is 1.57 bits per heavy atom. The first kappa shape index (κ1) is 31.6. The zero-order chi connectivity index (χ0) is 35.8. The van der Waals surface area contributed by atoms with Gasteiger partial charge in [0, 0.05) is 16.7 Å². The number of fused-ring (bicyclic) bond motifs is 4. The van der Waals surface area contributed by atoms with E-state index in [1.807, 2.05) is 6.07 Å². The van der Waals surface area contributed by atoms with Gasteiger partial charge in [0.25, 0.3) is 0 Å². The molecule has 10 aromatic rings. The topological polar surface area (TPSA) is 25.8 Å². The van der Waals surface area contributed by atoms with Gasteiger partial charge in [-0.15, -0.1) is 0 Å². The predicted octanol–water partition coefficient (Wildman–Crippen LogP) is 13.9. The van der Waals surface area contributed by atoms with Gasteiger partial charge in [-0.2, -0.15) is 0 Å². The van der Waals surface area contributed by atoms with E-state index in [0.29, 0.717) is 5.82 Å². The number of hydrogen-bond acceptors (Lipinski definition) is 2. The molecule has 0 atom stereocenters. The fourth-order valence-corrected chi connectivity index (χ4v) is 7.82. The molecule has 10 rings (SSSR count). The second-order valence-corrected chi connectivity index (χ2v) is 13.8. The monoisotopic (exact) mass is 686 g/mol. The van der Waals surface area contributed by atoms with Crippen molar-refractivity contribution in [2.45, 2.75) is 0 Å². The van der Waals surface area contributed by atoms with Gasteiger partial charge in [-0.05, 0) is 83.9 Å². The fourth-order valence-electron chi connectivity index (χ4n) is 7.82. The summed E-state index contributed by atoms with van der Waals surface area (Å²) in [6.07, 6.45) is 0. The van der Waals surface area contributed by atoms with Crippen LogP contribution in [-0.4, -0.2) is 9.97 Å². The minimum Gasteiger partial charge on any atom is -0.228 e. The maximum Gasteiger partial charge on any atom is 0.160 e. The highest BCUT2D eigenvalue weighted by Crippen LogP contribution is 2.41. The summed E-state index contributed by atoms with van der Waals surface area (Å²) in [6.45, 7) is 0. The van der Waals surface area contributed by atoms with Crippen molar-refractivity contribution >= 4 is 32.3 Å². The van der Waals surface area contributed by atoms with Crippen molar-refractivity contribution in [1.29, 1.82) is 0 Å². The first-order valence-electron chi connectivity index (χ1n) is 18.4. The third kappa shape index (κ3) is 5.71. The van der Waals surface area contributed by atoms with Crippen LogP contribution in [0.25, 0.3) is 99.6 Å². The van der Waals surface area contributed by atoms with E-state index >= 15 is 0 Å². The molecule has 0 aliphatic rings. The maximum absolute atomic E-state index is 5.31. The Hall–Kier alpha value is -7.16. The molecule has 2 heteroatoms. The summed E-state index contributed by atoms with van der Waals surface area (Å²) < 4.78 is 0. The fraction of sp³-hybridized carbons (Fsp3) is 0. The van der Waals surface area contributed by atoms with Crippen molar-refractivity contribution in [2.24, 2.45) is 0 Å². The minimum atomic E-state index is 0.692. The zero-order valence-corrected chi connectivity index (χ0v) is 29.5. The Kier molecular flexibility index (Phi) is 7.85.